The van der Waals surface area contributed by atoms with E-state index in [1.54, 1.807) is 6.92 Å². The molecular formula is C42H67N3O2. The maximum atomic E-state index is 10.8. The molecule has 3 N–H and O–H groups in total. The average Bonchev–Trinajstić information content (AvgIpc) is 2.99. The fraction of sp³-hybridized carbons (Fsp3) is 0.452. The van der Waals surface area contributed by atoms with Gasteiger partial charge in [0.15, 0.2) is 11.6 Å². The van der Waals surface area contributed by atoms with E-state index in [4.69, 9.17) is 11.1 Å². The number of benzene rings is 2. The van der Waals surface area contributed by atoms with Crippen LogP contribution in [0.2, 0.25) is 0 Å². The topological polar surface area (TPSA) is 87.2 Å². The van der Waals surface area contributed by atoms with Crippen LogP contribution in [0.25, 0.3) is 0 Å². The third kappa shape index (κ3) is 31.9. The van der Waals surface area contributed by atoms with E-state index in [0.717, 1.165) is 23.6 Å². The van der Waals surface area contributed by atoms with E-state index in [2.05, 4.69) is 77.2 Å². The zero-order valence-corrected chi connectivity index (χ0v) is 31.9. The number of rotatable bonds is 6. The number of hydrogen-bond acceptors (Lipinski definition) is 5. The number of aryl methyl sites for hydroxylation is 3. The van der Waals surface area contributed by atoms with Crippen LogP contribution in [0.4, 0.5) is 0 Å². The third-order valence-corrected chi connectivity index (χ3v) is 6.90. The van der Waals surface area contributed by atoms with Gasteiger partial charge in [-0.2, -0.15) is 0 Å². The van der Waals surface area contributed by atoms with Crippen molar-refractivity contribution in [1.82, 2.24) is 4.90 Å². The Morgan fingerprint density at radius 2 is 1.34 bits per heavy atom. The Kier molecular flexibility index (Phi) is 29.9. The van der Waals surface area contributed by atoms with Gasteiger partial charge in [-0.25, -0.2) is 0 Å². The molecule has 47 heavy (non-hydrogen) atoms. The summed E-state index contributed by atoms with van der Waals surface area (Å²) in [6.45, 7) is 26.1. The van der Waals surface area contributed by atoms with E-state index in [-0.39, 0.29) is 11.6 Å². The molecule has 1 fully saturated rings. The number of nitrogens with two attached hydrogens (primary N) is 1. The second-order valence-corrected chi connectivity index (χ2v) is 12.5. The molecule has 0 saturated heterocycles. The van der Waals surface area contributed by atoms with Gasteiger partial charge >= 0.3 is 0 Å². The number of hydrogen-bond donors (Lipinski definition) is 2. The SMILES string of the molecule is C=C(N)C=C(C)C.C=CC(C)=O.CC(=O)c1ccc(C)cc1.CCC(C=N)=C(C)C.CN(C)C1CCCCC1.Cc1cccc(C)c1. The van der Waals surface area contributed by atoms with Crippen LogP contribution in [-0.2, 0) is 4.79 Å². The summed E-state index contributed by atoms with van der Waals surface area (Å²) in [4.78, 5) is 22.8. The fourth-order valence-corrected chi connectivity index (χ4v) is 4.16. The highest BCUT2D eigenvalue weighted by atomic mass is 16.1. The van der Waals surface area contributed by atoms with Crippen molar-refractivity contribution in [3.8, 4) is 0 Å². The molecule has 1 saturated carbocycles. The van der Waals surface area contributed by atoms with Gasteiger partial charge in [0.2, 0.25) is 0 Å². The van der Waals surface area contributed by atoms with Crippen LogP contribution in [0.5, 0.6) is 0 Å². The van der Waals surface area contributed by atoms with E-state index >= 15 is 0 Å². The maximum Gasteiger partial charge on any atom is 0.159 e. The molecule has 0 atom stereocenters. The van der Waals surface area contributed by atoms with Gasteiger partial charge in [0.05, 0.1) is 0 Å². The minimum Gasteiger partial charge on any atom is -0.399 e. The summed E-state index contributed by atoms with van der Waals surface area (Å²) in [6.07, 6.45) is 12.7. The van der Waals surface area contributed by atoms with Gasteiger partial charge in [-0.3, -0.25) is 9.59 Å². The molecular weight excluding hydrogens is 578 g/mol. The van der Waals surface area contributed by atoms with E-state index in [9.17, 15) is 9.59 Å². The number of nitrogens with one attached hydrogen (secondary N) is 1. The average molecular weight is 646 g/mol. The Labute approximate surface area is 289 Å². The van der Waals surface area contributed by atoms with Crippen molar-refractivity contribution in [2.75, 3.05) is 14.1 Å². The van der Waals surface area contributed by atoms with E-state index < -0.39 is 0 Å². The first-order valence-corrected chi connectivity index (χ1v) is 16.6. The van der Waals surface area contributed by atoms with Crippen LogP contribution in [0.3, 0.4) is 0 Å². The molecule has 0 aliphatic heterocycles. The summed E-state index contributed by atoms with van der Waals surface area (Å²) in [5.41, 5.74) is 14.1. The summed E-state index contributed by atoms with van der Waals surface area (Å²) in [6, 6.07) is 16.9. The zero-order chi connectivity index (χ0) is 36.9. The molecule has 0 aromatic heterocycles. The first kappa shape index (κ1) is 47.6. The van der Waals surface area contributed by atoms with Crippen molar-refractivity contribution in [3.63, 3.8) is 0 Å². The van der Waals surface area contributed by atoms with Crippen LogP contribution >= 0.6 is 0 Å². The molecule has 0 radical (unpaired) electrons. The highest BCUT2D eigenvalue weighted by Crippen LogP contribution is 2.20. The number of nitrogens with zero attached hydrogens (tertiary/aromatic N) is 1. The number of allylic oxidation sites excluding steroid dienone is 5. The first-order valence-electron chi connectivity index (χ1n) is 16.6. The zero-order valence-electron chi connectivity index (χ0n) is 31.9. The quantitative estimate of drug-likeness (QED) is 0.142. The standard InChI is InChI=1S/C9H10O.C8H17N.C8H10.C7H13N.C6H11N.C4H6O/c1-7-3-5-9(6-4-7)8(2)10;1-9(2)8-6-4-3-5-7-8;1-7-4-3-5-8(2)6-7;1-4-7(5-8)6(2)3;1-5(2)4-6(3)7;1-3-4(2)5/h3-6H,1-2H3;8H,3-7H2,1-2H3;3-6H,1-2H3;5,8H,4H2,1-3H3;4H,3,7H2,1-2H3;3H,1H2,2H3. The van der Waals surface area contributed by atoms with Gasteiger partial charge in [-0.15, -0.1) is 0 Å². The van der Waals surface area contributed by atoms with Crippen molar-refractivity contribution >= 4 is 17.8 Å². The summed E-state index contributed by atoms with van der Waals surface area (Å²) < 4.78 is 0. The molecule has 2 aromatic carbocycles. The number of Topliss-reactive ketones (excluding diaryl/α,β-unsaturated/α-hetero) is 1. The normalized spacial score (nSPS) is 11.3. The van der Waals surface area contributed by atoms with Crippen molar-refractivity contribution in [2.45, 2.75) is 114 Å². The molecule has 0 heterocycles. The molecule has 0 spiro atoms. The van der Waals surface area contributed by atoms with Gasteiger partial charge in [-0.05, 0) is 113 Å². The molecule has 0 unspecified atom stereocenters. The van der Waals surface area contributed by atoms with Crippen LogP contribution in [0.15, 0.2) is 96.3 Å². The van der Waals surface area contributed by atoms with Gasteiger partial charge < -0.3 is 16.0 Å². The Morgan fingerprint density at radius 1 is 0.872 bits per heavy atom. The van der Waals surface area contributed by atoms with Crippen molar-refractivity contribution in [3.05, 3.63) is 119 Å². The smallest absolute Gasteiger partial charge is 0.159 e. The fourth-order valence-electron chi connectivity index (χ4n) is 4.16. The van der Waals surface area contributed by atoms with Crippen molar-refractivity contribution in [2.24, 2.45) is 5.73 Å². The second kappa shape index (κ2) is 29.6. The van der Waals surface area contributed by atoms with Gasteiger partial charge in [-0.1, -0.05) is 116 Å². The highest BCUT2D eigenvalue weighted by Gasteiger charge is 2.13. The highest BCUT2D eigenvalue weighted by molar-refractivity contribution is 5.94. The number of carbonyl (C=O) groups is 2. The predicted molar refractivity (Wildman–Crippen MR) is 209 cm³/mol. The summed E-state index contributed by atoms with van der Waals surface area (Å²) >= 11 is 0. The Morgan fingerprint density at radius 3 is 1.53 bits per heavy atom. The van der Waals surface area contributed by atoms with Gasteiger partial charge in [0.1, 0.15) is 0 Å². The monoisotopic (exact) mass is 646 g/mol. The minimum atomic E-state index is 0.0185. The third-order valence-electron chi connectivity index (χ3n) is 6.90. The van der Waals surface area contributed by atoms with E-state index in [1.165, 1.54) is 79.2 Å². The lowest BCUT2D eigenvalue weighted by atomic mass is 9.95. The lowest BCUT2D eigenvalue weighted by molar-refractivity contribution is -0.112. The molecule has 0 bridgehead atoms. The summed E-state index contributed by atoms with van der Waals surface area (Å²) in [5.74, 6) is 0.144. The molecule has 5 nitrogen and oxygen atoms in total. The largest absolute Gasteiger partial charge is 0.399 e. The van der Waals surface area contributed by atoms with Gasteiger partial charge in [0.25, 0.3) is 0 Å². The number of carbonyl (C=O) groups excluding carboxylic acids is 2. The molecule has 1 aliphatic carbocycles. The molecule has 0 amide bonds. The maximum absolute atomic E-state index is 10.8. The molecule has 5 heteroatoms. The van der Waals surface area contributed by atoms with E-state index in [1.807, 2.05) is 65.0 Å². The lowest BCUT2D eigenvalue weighted by Crippen LogP contribution is -2.29. The number of ketones is 2. The van der Waals surface area contributed by atoms with Gasteiger partial charge in [0, 0.05) is 23.5 Å². The second-order valence-electron chi connectivity index (χ2n) is 12.5. The minimum absolute atomic E-state index is 0.0185. The first-order chi connectivity index (χ1) is 21.9. The van der Waals surface area contributed by atoms with Crippen molar-refractivity contribution < 1.29 is 9.59 Å². The van der Waals surface area contributed by atoms with Crippen LogP contribution in [0, 0.1) is 26.2 Å². The van der Waals surface area contributed by atoms with Crippen LogP contribution in [-0.4, -0.2) is 42.8 Å². The Bertz CT molecular complexity index is 1220. The predicted octanol–water partition coefficient (Wildman–Crippen LogP) is 11.0. The molecule has 262 valence electrons. The summed E-state index contributed by atoms with van der Waals surface area (Å²) in [7, 11) is 4.38. The van der Waals surface area contributed by atoms with Crippen molar-refractivity contribution in [1.29, 1.82) is 5.41 Å². The molecule has 1 aliphatic rings. The molecule has 3 rings (SSSR count). The Hall–Kier alpha value is -3.83. The van der Waals surface area contributed by atoms with Crippen LogP contribution < -0.4 is 5.73 Å². The Balaban J connectivity index is -0.000000500. The van der Waals surface area contributed by atoms with Crippen LogP contribution in [0.1, 0.15) is 114 Å². The lowest BCUT2D eigenvalue weighted by Gasteiger charge is -2.27. The molecule has 2 aromatic rings. The van der Waals surface area contributed by atoms with E-state index in [0.29, 0.717) is 5.70 Å². The summed E-state index contributed by atoms with van der Waals surface area (Å²) in [5, 5.41) is 6.91.